The summed E-state index contributed by atoms with van der Waals surface area (Å²) in [5.74, 6) is -1.93. The Kier molecular flexibility index (Phi) is 7.97. The van der Waals surface area contributed by atoms with Crippen LogP contribution in [0.3, 0.4) is 0 Å². The quantitative estimate of drug-likeness (QED) is 0.293. The lowest BCUT2D eigenvalue weighted by atomic mass is 9.92. The Bertz CT molecular complexity index is 664. The summed E-state index contributed by atoms with van der Waals surface area (Å²) in [6.07, 6.45) is 0. The second-order valence-electron chi connectivity index (χ2n) is 5.82. The lowest BCUT2D eigenvalue weighted by Crippen LogP contribution is -2.46. The van der Waals surface area contributed by atoms with Crippen molar-refractivity contribution in [3.05, 3.63) is 24.3 Å². The largest absolute Gasteiger partial charge is 0.326 e. The molecule has 1 atom stereocenters. The average molecular weight is 396 g/mol. The smallest absolute Gasteiger partial charge is 0.319 e. The molecule has 9 heteroatoms. The minimum absolute atomic E-state index is 0.0312. The van der Waals surface area contributed by atoms with E-state index in [0.29, 0.717) is 10.6 Å². The van der Waals surface area contributed by atoms with Crippen LogP contribution in [-0.2, 0) is 23.4 Å². The third-order valence-corrected chi connectivity index (χ3v) is 6.47. The first kappa shape index (κ1) is 21.7. The molecule has 1 aromatic carbocycles. The summed E-state index contributed by atoms with van der Waals surface area (Å²) < 4.78 is 47.5. The summed E-state index contributed by atoms with van der Waals surface area (Å²) in [6, 6.07) is 6.52. The van der Waals surface area contributed by atoms with E-state index in [1.54, 1.807) is 45.9 Å². The van der Waals surface area contributed by atoms with E-state index in [2.05, 4.69) is 0 Å². The summed E-state index contributed by atoms with van der Waals surface area (Å²) in [4.78, 5) is 9.84. The van der Waals surface area contributed by atoms with Gasteiger partial charge in [-0.2, -0.15) is 8.42 Å². The predicted octanol–water partition coefficient (Wildman–Crippen LogP) is 3.91. The summed E-state index contributed by atoms with van der Waals surface area (Å²) >= 11 is 1.38. The van der Waals surface area contributed by atoms with Crippen LogP contribution in [0.15, 0.2) is 34.1 Å². The first-order valence-corrected chi connectivity index (χ1v) is 11.3. The fraction of sp³-hybridized carbons (Fsp3) is 0.600. The van der Waals surface area contributed by atoms with Gasteiger partial charge in [-0.1, -0.05) is 46.8 Å². The molecule has 0 heterocycles. The van der Waals surface area contributed by atoms with E-state index in [1.807, 2.05) is 6.92 Å². The SMILES string of the molecule is CCSc1ccccc1S(=O)(=O)OC(O[PH](=O)O)(C(C)C)C(C)C. The van der Waals surface area contributed by atoms with Crippen molar-refractivity contribution in [3.63, 3.8) is 0 Å². The fourth-order valence-corrected chi connectivity index (χ4v) is 5.83. The van der Waals surface area contributed by atoms with Gasteiger partial charge in [0.2, 0.25) is 0 Å². The fourth-order valence-electron chi connectivity index (χ4n) is 2.40. The van der Waals surface area contributed by atoms with E-state index in [9.17, 15) is 17.9 Å². The topological polar surface area (TPSA) is 89.9 Å². The standard InChI is InChI=1S/C15H25O6PS2/c1-6-23-13-9-7-8-10-14(13)24(18,19)21-15(11(2)3,12(4)5)20-22(16)17/h7-12,22H,6H2,1-5H3,(H,16,17). The van der Waals surface area contributed by atoms with Gasteiger partial charge in [0.05, 0.1) is 0 Å². The van der Waals surface area contributed by atoms with Gasteiger partial charge in [-0.05, 0) is 17.9 Å². The first-order valence-electron chi connectivity index (χ1n) is 7.66. The van der Waals surface area contributed by atoms with Crippen molar-refractivity contribution in [2.75, 3.05) is 5.75 Å². The molecule has 0 saturated heterocycles. The lowest BCUT2D eigenvalue weighted by Gasteiger charge is -2.38. The Hall–Kier alpha value is -0.370. The third-order valence-electron chi connectivity index (χ3n) is 3.51. The van der Waals surface area contributed by atoms with Gasteiger partial charge >= 0.3 is 18.4 Å². The van der Waals surface area contributed by atoms with Crippen molar-refractivity contribution in [2.24, 2.45) is 11.8 Å². The van der Waals surface area contributed by atoms with Crippen LogP contribution in [0.25, 0.3) is 0 Å². The molecule has 0 spiro atoms. The Labute approximate surface area is 149 Å². The normalized spacial score (nSPS) is 14.3. The molecule has 0 aliphatic heterocycles. The van der Waals surface area contributed by atoms with Crippen LogP contribution in [0.2, 0.25) is 0 Å². The molecule has 0 fully saturated rings. The third kappa shape index (κ3) is 5.07. The van der Waals surface area contributed by atoms with Crippen molar-refractivity contribution in [3.8, 4) is 0 Å². The Morgan fingerprint density at radius 3 is 2.21 bits per heavy atom. The van der Waals surface area contributed by atoms with Gasteiger partial charge in [-0.15, -0.1) is 11.8 Å². The van der Waals surface area contributed by atoms with Crippen LogP contribution < -0.4 is 0 Å². The van der Waals surface area contributed by atoms with Gasteiger partial charge in [0.1, 0.15) is 4.90 Å². The molecule has 1 unspecified atom stereocenters. The van der Waals surface area contributed by atoms with Crippen LogP contribution in [0, 0.1) is 11.8 Å². The zero-order valence-electron chi connectivity index (χ0n) is 14.5. The second-order valence-corrected chi connectivity index (χ2v) is 9.37. The Morgan fingerprint density at radius 1 is 1.21 bits per heavy atom. The minimum atomic E-state index is -4.19. The minimum Gasteiger partial charge on any atom is -0.326 e. The molecular formula is C15H25O6PS2. The van der Waals surface area contributed by atoms with Crippen molar-refractivity contribution < 1.29 is 26.6 Å². The number of hydrogen-bond donors (Lipinski definition) is 1. The molecule has 0 radical (unpaired) electrons. The first-order chi connectivity index (χ1) is 11.1. The Balaban J connectivity index is 3.38. The average Bonchev–Trinajstić information content (AvgIpc) is 2.46. The molecule has 0 aliphatic rings. The van der Waals surface area contributed by atoms with Crippen LogP contribution in [0.4, 0.5) is 0 Å². The van der Waals surface area contributed by atoms with Gasteiger partial charge in [-0.25, -0.2) is 4.18 Å². The van der Waals surface area contributed by atoms with Crippen molar-refractivity contribution in [2.45, 2.75) is 50.2 Å². The van der Waals surface area contributed by atoms with Gasteiger partial charge in [0.25, 0.3) is 0 Å². The van der Waals surface area contributed by atoms with E-state index in [4.69, 9.17) is 8.71 Å². The summed E-state index contributed by atoms with van der Waals surface area (Å²) in [5, 5.41) is 0. The molecule has 0 saturated carbocycles. The van der Waals surface area contributed by atoms with E-state index < -0.39 is 36.0 Å². The zero-order chi connectivity index (χ0) is 18.5. The van der Waals surface area contributed by atoms with Crippen molar-refractivity contribution in [1.29, 1.82) is 0 Å². The van der Waals surface area contributed by atoms with Gasteiger partial charge in [-0.3, -0.25) is 9.09 Å². The highest BCUT2D eigenvalue weighted by Crippen LogP contribution is 2.42. The highest BCUT2D eigenvalue weighted by molar-refractivity contribution is 8.00. The molecule has 24 heavy (non-hydrogen) atoms. The highest BCUT2D eigenvalue weighted by Gasteiger charge is 2.46. The summed E-state index contributed by atoms with van der Waals surface area (Å²) in [5.41, 5.74) is 0. The number of hydrogen-bond acceptors (Lipinski definition) is 6. The molecule has 1 rings (SSSR count). The van der Waals surface area contributed by atoms with Crippen LogP contribution in [0.5, 0.6) is 0 Å². The van der Waals surface area contributed by atoms with E-state index in [0.717, 1.165) is 0 Å². The lowest BCUT2D eigenvalue weighted by molar-refractivity contribution is -0.176. The predicted molar refractivity (Wildman–Crippen MR) is 95.8 cm³/mol. The van der Waals surface area contributed by atoms with E-state index >= 15 is 0 Å². The maximum Gasteiger partial charge on any atom is 0.319 e. The van der Waals surface area contributed by atoms with Crippen LogP contribution >= 0.6 is 20.0 Å². The molecule has 0 amide bonds. The molecule has 0 aliphatic carbocycles. The molecule has 6 nitrogen and oxygen atoms in total. The zero-order valence-corrected chi connectivity index (χ0v) is 17.1. The van der Waals surface area contributed by atoms with Crippen molar-refractivity contribution >= 4 is 30.1 Å². The number of rotatable bonds is 9. The van der Waals surface area contributed by atoms with E-state index in [-0.39, 0.29) is 4.90 Å². The summed E-state index contributed by atoms with van der Waals surface area (Å²) in [7, 11) is -7.58. The van der Waals surface area contributed by atoms with Crippen LogP contribution in [0.1, 0.15) is 34.6 Å². The van der Waals surface area contributed by atoms with E-state index in [1.165, 1.54) is 17.8 Å². The number of benzene rings is 1. The number of thioether (sulfide) groups is 1. The molecule has 0 aromatic heterocycles. The van der Waals surface area contributed by atoms with Gasteiger partial charge < -0.3 is 4.89 Å². The second kappa shape index (κ2) is 8.83. The molecule has 1 aromatic rings. The molecule has 0 bridgehead atoms. The maximum atomic E-state index is 12.8. The monoisotopic (exact) mass is 396 g/mol. The highest BCUT2D eigenvalue weighted by atomic mass is 32.2. The molecule has 1 N–H and O–H groups in total. The maximum absolute atomic E-state index is 12.8. The molecular weight excluding hydrogens is 371 g/mol. The van der Waals surface area contributed by atoms with Gasteiger partial charge in [0, 0.05) is 16.7 Å². The van der Waals surface area contributed by atoms with Crippen molar-refractivity contribution in [1.82, 2.24) is 0 Å². The van der Waals surface area contributed by atoms with Crippen LogP contribution in [-0.4, -0.2) is 24.9 Å². The summed E-state index contributed by atoms with van der Waals surface area (Å²) in [6.45, 7) is 8.67. The Morgan fingerprint density at radius 2 is 1.75 bits per heavy atom. The molecule has 138 valence electrons. The van der Waals surface area contributed by atoms with Gasteiger partial charge in [0.15, 0.2) is 5.79 Å².